The second-order valence-corrected chi connectivity index (χ2v) is 4.61. The number of anilines is 1. The van der Waals surface area contributed by atoms with Gasteiger partial charge < -0.3 is 14.8 Å². The van der Waals surface area contributed by atoms with E-state index in [0.717, 1.165) is 18.2 Å². The summed E-state index contributed by atoms with van der Waals surface area (Å²) in [5.41, 5.74) is 0.0300. The minimum Gasteiger partial charge on any atom is -0.490 e. The lowest BCUT2D eigenvalue weighted by Crippen LogP contribution is -2.14. The van der Waals surface area contributed by atoms with E-state index in [1.165, 1.54) is 0 Å². The fourth-order valence-electron chi connectivity index (χ4n) is 2.00. The normalized spacial score (nSPS) is 10.3. The SMILES string of the molecule is CCOc1ccc(NC(=O)c2cc(F)ccc2F)cc1OCC. The minimum atomic E-state index is -0.792. The molecule has 0 atom stereocenters. The van der Waals surface area contributed by atoms with E-state index in [9.17, 15) is 13.6 Å². The van der Waals surface area contributed by atoms with Gasteiger partial charge in [0.15, 0.2) is 11.5 Å². The molecule has 6 heteroatoms. The zero-order chi connectivity index (χ0) is 16.8. The Morgan fingerprint density at radius 3 is 2.39 bits per heavy atom. The molecule has 2 aromatic rings. The monoisotopic (exact) mass is 321 g/mol. The van der Waals surface area contributed by atoms with Crippen LogP contribution in [0, 0.1) is 11.6 Å². The minimum absolute atomic E-state index is 0.364. The lowest BCUT2D eigenvalue weighted by Gasteiger charge is -2.13. The summed E-state index contributed by atoms with van der Waals surface area (Å²) in [5.74, 6) is -1.21. The topological polar surface area (TPSA) is 47.6 Å². The number of ether oxygens (including phenoxy) is 2. The Hall–Kier alpha value is -2.63. The molecule has 4 nitrogen and oxygen atoms in total. The van der Waals surface area contributed by atoms with Crippen LogP contribution in [-0.4, -0.2) is 19.1 Å². The first-order valence-electron chi connectivity index (χ1n) is 7.21. The van der Waals surface area contributed by atoms with Crippen molar-refractivity contribution >= 4 is 11.6 Å². The maximum atomic E-state index is 13.6. The maximum Gasteiger partial charge on any atom is 0.258 e. The van der Waals surface area contributed by atoms with E-state index in [4.69, 9.17) is 9.47 Å². The quantitative estimate of drug-likeness (QED) is 0.874. The first kappa shape index (κ1) is 16.7. The third-order valence-electron chi connectivity index (χ3n) is 2.97. The van der Waals surface area contributed by atoms with Crippen molar-refractivity contribution in [3.8, 4) is 11.5 Å². The number of rotatable bonds is 6. The van der Waals surface area contributed by atoms with Crippen LogP contribution in [0.5, 0.6) is 11.5 Å². The molecule has 0 aliphatic rings. The number of halogens is 2. The van der Waals surface area contributed by atoms with Gasteiger partial charge in [-0.05, 0) is 44.2 Å². The highest BCUT2D eigenvalue weighted by Gasteiger charge is 2.14. The molecule has 0 saturated carbocycles. The van der Waals surface area contributed by atoms with Crippen molar-refractivity contribution in [3.63, 3.8) is 0 Å². The number of benzene rings is 2. The van der Waals surface area contributed by atoms with Crippen molar-refractivity contribution in [1.29, 1.82) is 0 Å². The molecular weight excluding hydrogens is 304 g/mol. The molecule has 0 saturated heterocycles. The first-order valence-corrected chi connectivity index (χ1v) is 7.21. The average Bonchev–Trinajstić information content (AvgIpc) is 2.52. The summed E-state index contributed by atoms with van der Waals surface area (Å²) in [7, 11) is 0. The van der Waals surface area contributed by atoms with Crippen LogP contribution in [0.3, 0.4) is 0 Å². The molecule has 0 aromatic heterocycles. The van der Waals surface area contributed by atoms with E-state index in [-0.39, 0.29) is 5.56 Å². The molecule has 0 bridgehead atoms. The number of hydrogen-bond donors (Lipinski definition) is 1. The Kier molecular flexibility index (Phi) is 5.51. The van der Waals surface area contributed by atoms with Gasteiger partial charge in [0.1, 0.15) is 11.6 Å². The second-order valence-electron chi connectivity index (χ2n) is 4.61. The molecule has 0 spiro atoms. The second kappa shape index (κ2) is 7.58. The first-order chi connectivity index (χ1) is 11.0. The Morgan fingerprint density at radius 1 is 1.00 bits per heavy atom. The number of nitrogens with one attached hydrogen (secondary N) is 1. The summed E-state index contributed by atoms with van der Waals surface area (Å²) < 4.78 is 37.7. The van der Waals surface area contributed by atoms with Gasteiger partial charge in [-0.3, -0.25) is 4.79 Å². The summed E-state index contributed by atoms with van der Waals surface area (Å²) in [4.78, 5) is 12.1. The number of amides is 1. The van der Waals surface area contributed by atoms with Crippen LogP contribution in [0.25, 0.3) is 0 Å². The van der Waals surface area contributed by atoms with Crippen LogP contribution in [0.1, 0.15) is 24.2 Å². The van der Waals surface area contributed by atoms with Gasteiger partial charge in [0, 0.05) is 11.8 Å². The third kappa shape index (κ3) is 4.18. The van der Waals surface area contributed by atoms with E-state index in [1.807, 2.05) is 13.8 Å². The van der Waals surface area contributed by atoms with Crippen LogP contribution >= 0.6 is 0 Å². The number of hydrogen-bond acceptors (Lipinski definition) is 3. The zero-order valence-corrected chi connectivity index (χ0v) is 12.9. The van der Waals surface area contributed by atoms with Gasteiger partial charge in [-0.2, -0.15) is 0 Å². The molecule has 0 radical (unpaired) electrons. The van der Waals surface area contributed by atoms with Crippen molar-refractivity contribution in [2.75, 3.05) is 18.5 Å². The van der Waals surface area contributed by atoms with Crippen LogP contribution in [0.2, 0.25) is 0 Å². The summed E-state index contributed by atoms with van der Waals surface area (Å²) in [5, 5.41) is 2.51. The summed E-state index contributed by atoms with van der Waals surface area (Å²) in [6.45, 7) is 4.57. The van der Waals surface area contributed by atoms with Gasteiger partial charge in [-0.1, -0.05) is 0 Å². The molecule has 2 aromatic carbocycles. The highest BCUT2D eigenvalue weighted by Crippen LogP contribution is 2.30. The van der Waals surface area contributed by atoms with Gasteiger partial charge in [0.25, 0.3) is 5.91 Å². The molecule has 2 rings (SSSR count). The lowest BCUT2D eigenvalue weighted by molar-refractivity contribution is 0.102. The van der Waals surface area contributed by atoms with Gasteiger partial charge in [-0.15, -0.1) is 0 Å². The highest BCUT2D eigenvalue weighted by molar-refractivity contribution is 6.04. The number of carbonyl (C=O) groups is 1. The van der Waals surface area contributed by atoms with Gasteiger partial charge in [0.05, 0.1) is 18.8 Å². The molecule has 122 valence electrons. The van der Waals surface area contributed by atoms with Crippen LogP contribution in [0.4, 0.5) is 14.5 Å². The Balaban J connectivity index is 2.23. The summed E-state index contributed by atoms with van der Waals surface area (Å²) in [6.07, 6.45) is 0. The highest BCUT2D eigenvalue weighted by atomic mass is 19.1. The van der Waals surface area contributed by atoms with Gasteiger partial charge in [-0.25, -0.2) is 8.78 Å². The van der Waals surface area contributed by atoms with Crippen LogP contribution in [-0.2, 0) is 0 Å². The fourth-order valence-corrected chi connectivity index (χ4v) is 2.00. The molecule has 0 fully saturated rings. The van der Waals surface area contributed by atoms with Crippen LogP contribution < -0.4 is 14.8 Å². The molecule has 23 heavy (non-hydrogen) atoms. The standard InChI is InChI=1S/C17H17F2NO3/c1-3-22-15-8-6-12(10-16(15)23-4-2)20-17(21)13-9-11(18)5-7-14(13)19/h5-10H,3-4H2,1-2H3,(H,20,21). The predicted octanol–water partition coefficient (Wildman–Crippen LogP) is 4.01. The van der Waals surface area contributed by atoms with E-state index in [0.29, 0.717) is 30.4 Å². The smallest absolute Gasteiger partial charge is 0.258 e. The van der Waals surface area contributed by atoms with Crippen molar-refractivity contribution in [2.45, 2.75) is 13.8 Å². The van der Waals surface area contributed by atoms with E-state index in [1.54, 1.807) is 18.2 Å². The Morgan fingerprint density at radius 2 is 1.70 bits per heavy atom. The molecule has 1 N–H and O–H groups in total. The maximum absolute atomic E-state index is 13.6. The number of carbonyl (C=O) groups excluding carboxylic acids is 1. The van der Waals surface area contributed by atoms with Crippen molar-refractivity contribution in [2.24, 2.45) is 0 Å². The molecule has 0 aliphatic heterocycles. The van der Waals surface area contributed by atoms with Gasteiger partial charge >= 0.3 is 0 Å². The van der Waals surface area contributed by atoms with Crippen molar-refractivity contribution < 1.29 is 23.0 Å². The fraction of sp³-hybridized carbons (Fsp3) is 0.235. The van der Waals surface area contributed by atoms with Crippen molar-refractivity contribution in [3.05, 3.63) is 53.6 Å². The summed E-state index contributed by atoms with van der Waals surface area (Å²) >= 11 is 0. The average molecular weight is 321 g/mol. The molecular formula is C17H17F2NO3. The van der Waals surface area contributed by atoms with E-state index < -0.39 is 17.5 Å². The van der Waals surface area contributed by atoms with Crippen LogP contribution in [0.15, 0.2) is 36.4 Å². The molecule has 0 unspecified atom stereocenters. The van der Waals surface area contributed by atoms with E-state index in [2.05, 4.69) is 5.32 Å². The summed E-state index contributed by atoms with van der Waals surface area (Å²) in [6, 6.07) is 7.53. The predicted molar refractivity (Wildman–Crippen MR) is 83.1 cm³/mol. The third-order valence-corrected chi connectivity index (χ3v) is 2.97. The largest absolute Gasteiger partial charge is 0.490 e. The van der Waals surface area contributed by atoms with Gasteiger partial charge in [0.2, 0.25) is 0 Å². The molecule has 1 amide bonds. The lowest BCUT2D eigenvalue weighted by atomic mass is 10.2. The van der Waals surface area contributed by atoms with Crippen molar-refractivity contribution in [1.82, 2.24) is 0 Å². The Labute approximate surface area is 133 Å². The Bertz CT molecular complexity index is 704. The molecule has 0 heterocycles. The van der Waals surface area contributed by atoms with E-state index >= 15 is 0 Å². The molecule has 0 aliphatic carbocycles. The zero-order valence-electron chi connectivity index (χ0n) is 12.9.